The molecule has 2 aliphatic carbocycles. The highest BCUT2D eigenvalue weighted by atomic mass is 16.6. The van der Waals surface area contributed by atoms with Gasteiger partial charge in [-0.2, -0.15) is 0 Å². The van der Waals surface area contributed by atoms with Gasteiger partial charge in [-0.1, -0.05) is 0 Å². The first kappa shape index (κ1) is 28.0. The fraction of sp³-hybridized carbons (Fsp3) is 0.625. The van der Waals surface area contributed by atoms with Crippen LogP contribution in [-0.4, -0.2) is 29.0 Å². The molecule has 2 N–H and O–H groups in total. The fourth-order valence-corrected chi connectivity index (χ4v) is 4.51. The maximum absolute atomic E-state index is 12.6. The molecule has 204 valence electrons. The van der Waals surface area contributed by atoms with Gasteiger partial charge in [0, 0.05) is 12.8 Å². The third-order valence-electron chi connectivity index (χ3n) is 6.11. The number of fused-ring (bicyclic) bond motifs is 1. The lowest BCUT2D eigenvalue weighted by Gasteiger charge is -2.24. The zero-order valence-corrected chi connectivity index (χ0v) is 21.5. The molecule has 2 aromatic rings. The highest BCUT2D eigenvalue weighted by Crippen LogP contribution is 2.62. The first-order valence-electron chi connectivity index (χ1n) is 11.6. The lowest BCUT2D eigenvalue weighted by molar-refractivity contribution is -0.155. The van der Waals surface area contributed by atoms with Gasteiger partial charge in [0.2, 0.25) is 0 Å². The Kier molecular flexibility index (Phi) is 7.86. The molecule has 2 fully saturated rings. The average molecular weight is 526 g/mol. The van der Waals surface area contributed by atoms with Crippen molar-refractivity contribution in [3.05, 3.63) is 44.3 Å². The molecule has 2 aliphatic rings. The average Bonchev–Trinajstić information content (AvgIpc) is 3.08. The quantitative estimate of drug-likeness (QED) is 0.425. The molecule has 0 saturated heterocycles. The minimum absolute atomic E-state index is 0.0777. The molecule has 2 heterocycles. The Morgan fingerprint density at radius 1 is 0.946 bits per heavy atom. The predicted molar refractivity (Wildman–Crippen MR) is 122 cm³/mol. The third-order valence-corrected chi connectivity index (χ3v) is 6.11. The van der Waals surface area contributed by atoms with E-state index in [1.807, 2.05) is 20.8 Å². The molecule has 13 nitrogen and oxygen atoms in total. The van der Waals surface area contributed by atoms with Gasteiger partial charge >= 0.3 is 29.6 Å². The van der Waals surface area contributed by atoms with Crippen molar-refractivity contribution in [2.45, 2.75) is 78.7 Å². The topological polar surface area (TPSA) is 192 Å². The number of nitrogens with two attached hydrogens (primary N) is 1. The van der Waals surface area contributed by atoms with Gasteiger partial charge in [0.05, 0.1) is 5.92 Å². The van der Waals surface area contributed by atoms with Gasteiger partial charge < -0.3 is 37.6 Å². The zero-order valence-electron chi connectivity index (χ0n) is 21.5. The van der Waals surface area contributed by atoms with Crippen molar-refractivity contribution in [1.29, 1.82) is 0 Å². The first-order valence-corrected chi connectivity index (χ1v) is 11.6. The van der Waals surface area contributed by atoms with Crippen LogP contribution in [0.5, 0.6) is 0 Å². The van der Waals surface area contributed by atoms with E-state index in [1.54, 1.807) is 0 Å². The monoisotopic (exact) mass is 525 g/mol. The van der Waals surface area contributed by atoms with Gasteiger partial charge in [-0.3, -0.25) is 14.4 Å². The van der Waals surface area contributed by atoms with Crippen LogP contribution in [0.25, 0.3) is 0 Å². The summed E-state index contributed by atoms with van der Waals surface area (Å²) in [6.07, 6.45) is 0.949. The Hall–Kier alpha value is -3.61. The number of aryl methyl sites for hydroxylation is 2. The van der Waals surface area contributed by atoms with Crippen LogP contribution in [0.15, 0.2) is 27.3 Å². The van der Waals surface area contributed by atoms with Crippen molar-refractivity contribution in [2.75, 3.05) is 0 Å². The molecule has 0 aromatic carbocycles. The van der Waals surface area contributed by atoms with Crippen LogP contribution >= 0.6 is 0 Å². The minimum atomic E-state index is -1.33. The van der Waals surface area contributed by atoms with Gasteiger partial charge in [0.1, 0.15) is 11.1 Å². The van der Waals surface area contributed by atoms with E-state index < -0.39 is 41.0 Å². The highest BCUT2D eigenvalue weighted by molar-refractivity contribution is 5.86. The van der Waals surface area contributed by atoms with Crippen molar-refractivity contribution in [3.8, 4) is 0 Å². The lowest BCUT2D eigenvalue weighted by atomic mass is 9.91. The van der Waals surface area contributed by atoms with Crippen molar-refractivity contribution in [1.82, 2.24) is 0 Å². The highest BCUT2D eigenvalue weighted by Gasteiger charge is 2.70. The second-order valence-electron chi connectivity index (χ2n) is 10.1. The van der Waals surface area contributed by atoms with E-state index in [2.05, 4.69) is 0 Å². The smallest absolute Gasteiger partial charge is 0.460 e. The minimum Gasteiger partial charge on any atom is -0.460 e. The molecule has 13 heteroatoms. The zero-order chi connectivity index (χ0) is 27.7. The first-order chi connectivity index (χ1) is 17.1. The molecular formula is C24H31NO12. The maximum atomic E-state index is 12.6. The van der Waals surface area contributed by atoms with Gasteiger partial charge in [-0.15, -0.1) is 0 Å². The summed E-state index contributed by atoms with van der Waals surface area (Å²) in [6, 6.07) is 0. The van der Waals surface area contributed by atoms with Crippen molar-refractivity contribution < 1.29 is 46.3 Å². The number of hydrogen-bond acceptors (Lipinski definition) is 13. The Bertz CT molecular complexity index is 1270. The number of carbonyl (C=O) groups excluding carboxylic acids is 3. The fourth-order valence-electron chi connectivity index (χ4n) is 4.51. The molecule has 37 heavy (non-hydrogen) atoms. The van der Waals surface area contributed by atoms with Crippen molar-refractivity contribution in [3.63, 3.8) is 0 Å². The van der Waals surface area contributed by atoms with Gasteiger partial charge in [0.25, 0.3) is 0 Å². The summed E-state index contributed by atoms with van der Waals surface area (Å²) in [5.41, 5.74) is 4.63. The maximum Gasteiger partial charge on any atom is 0.519 e. The van der Waals surface area contributed by atoms with Crippen LogP contribution < -0.4 is 17.4 Å². The van der Waals surface area contributed by atoms with Gasteiger partial charge in [0.15, 0.2) is 36.3 Å². The number of esters is 3. The molecule has 0 aliphatic heterocycles. The number of carbonyl (C=O) groups is 3. The van der Waals surface area contributed by atoms with E-state index in [-0.39, 0.29) is 53.7 Å². The van der Waals surface area contributed by atoms with Crippen LogP contribution in [0.4, 0.5) is 0 Å². The summed E-state index contributed by atoms with van der Waals surface area (Å²) in [4.78, 5) is 57.3. The second kappa shape index (κ2) is 10.4. The van der Waals surface area contributed by atoms with E-state index in [0.29, 0.717) is 12.8 Å². The van der Waals surface area contributed by atoms with Gasteiger partial charge in [-0.05, 0) is 53.4 Å². The normalized spacial score (nSPS) is 23.9. The second-order valence-corrected chi connectivity index (χ2v) is 10.1. The largest absolute Gasteiger partial charge is 0.519 e. The molecule has 2 saturated carbocycles. The Morgan fingerprint density at radius 2 is 1.46 bits per heavy atom. The van der Waals surface area contributed by atoms with Crippen LogP contribution in [-0.2, 0) is 41.8 Å². The third kappa shape index (κ3) is 6.59. The SMILES string of the molecule is CC(=O)OC(C)(C)C.Cc1oc(=O)oc1COC(=O)[C@H]1[C@@H]2CC[C@@](N)(C(=O)OCc3oc(=O)oc3C)[C@@H]21. The van der Waals surface area contributed by atoms with Crippen LogP contribution in [0.3, 0.4) is 0 Å². The summed E-state index contributed by atoms with van der Waals surface area (Å²) in [7, 11) is 0. The van der Waals surface area contributed by atoms with Crippen molar-refractivity contribution >= 4 is 17.9 Å². The molecule has 0 unspecified atom stereocenters. The van der Waals surface area contributed by atoms with Crippen LogP contribution in [0.2, 0.25) is 0 Å². The Labute approximate surface area is 211 Å². The molecule has 0 bridgehead atoms. The molecule has 0 spiro atoms. The number of ether oxygens (including phenoxy) is 3. The standard InChI is InChI=1S/C18H19NO10.C6H12O2/c1-7-10(28-16(22)26-7)5-24-14(20)12-9-3-4-18(19,13(9)12)15(21)25-6-11-8(2)27-17(23)29-11;1-5(7)8-6(2,3)4/h9,12-13H,3-6,19H2,1-2H3;1-4H3/t9-,12-,13-,18-;/m0./s1. The lowest BCUT2D eigenvalue weighted by Crippen LogP contribution is -2.50. The van der Waals surface area contributed by atoms with E-state index >= 15 is 0 Å². The summed E-state index contributed by atoms with van der Waals surface area (Å²) >= 11 is 0. The molecule has 2 aromatic heterocycles. The van der Waals surface area contributed by atoms with E-state index in [0.717, 1.165) is 0 Å². The van der Waals surface area contributed by atoms with Gasteiger partial charge in [-0.25, -0.2) is 9.59 Å². The molecule has 4 atom stereocenters. The molecule has 0 radical (unpaired) electrons. The van der Waals surface area contributed by atoms with E-state index in [9.17, 15) is 24.0 Å². The van der Waals surface area contributed by atoms with E-state index in [4.69, 9.17) is 37.6 Å². The molecule has 0 amide bonds. The summed E-state index contributed by atoms with van der Waals surface area (Å²) < 4.78 is 34.2. The summed E-state index contributed by atoms with van der Waals surface area (Å²) in [5, 5.41) is 0. The van der Waals surface area contributed by atoms with Crippen LogP contribution in [0, 0.1) is 31.6 Å². The Morgan fingerprint density at radius 3 is 1.86 bits per heavy atom. The molecule has 4 rings (SSSR count). The number of rotatable bonds is 6. The summed E-state index contributed by atoms with van der Waals surface area (Å²) in [5.74, 6) is -3.52. The molecular weight excluding hydrogens is 494 g/mol. The Balaban J connectivity index is 0.000000414. The van der Waals surface area contributed by atoms with Crippen LogP contribution in [0.1, 0.15) is 63.6 Å². The summed E-state index contributed by atoms with van der Waals surface area (Å²) in [6.45, 7) is 9.43. The van der Waals surface area contributed by atoms with Crippen molar-refractivity contribution in [2.24, 2.45) is 23.5 Å². The number of hydrogen-bond donors (Lipinski definition) is 1. The van der Waals surface area contributed by atoms with E-state index in [1.165, 1.54) is 20.8 Å². The predicted octanol–water partition coefficient (Wildman–Crippen LogP) is 1.88.